The van der Waals surface area contributed by atoms with Gasteiger partial charge in [0.1, 0.15) is 6.54 Å². The first-order valence-corrected chi connectivity index (χ1v) is 7.46. The number of methoxy groups -OCH3 is 1. The molecule has 0 aromatic carbocycles. The van der Waals surface area contributed by atoms with E-state index in [0.717, 1.165) is 32.4 Å². The SMILES string of the molecule is COCCCNC(=NCC(=O)N(C)C)NCC1CCCO1.I. The van der Waals surface area contributed by atoms with Crippen LogP contribution < -0.4 is 10.6 Å². The molecule has 2 N–H and O–H groups in total. The van der Waals surface area contributed by atoms with Crippen LogP contribution in [0.15, 0.2) is 4.99 Å². The largest absolute Gasteiger partial charge is 0.385 e. The summed E-state index contributed by atoms with van der Waals surface area (Å²) in [5.41, 5.74) is 0. The van der Waals surface area contributed by atoms with Gasteiger partial charge in [-0.25, -0.2) is 4.99 Å². The van der Waals surface area contributed by atoms with Gasteiger partial charge in [-0.1, -0.05) is 0 Å². The fourth-order valence-electron chi connectivity index (χ4n) is 1.90. The molecule has 1 fully saturated rings. The summed E-state index contributed by atoms with van der Waals surface area (Å²) in [6.07, 6.45) is 3.30. The summed E-state index contributed by atoms with van der Waals surface area (Å²) in [5, 5.41) is 6.44. The predicted molar refractivity (Wildman–Crippen MR) is 97.9 cm³/mol. The number of amides is 1. The minimum absolute atomic E-state index is 0. The summed E-state index contributed by atoms with van der Waals surface area (Å²) in [6.45, 7) is 3.13. The van der Waals surface area contributed by atoms with Crippen molar-refractivity contribution in [2.24, 2.45) is 4.99 Å². The molecule has 130 valence electrons. The summed E-state index contributed by atoms with van der Waals surface area (Å²) in [6, 6.07) is 0. The zero-order chi connectivity index (χ0) is 15.5. The molecule has 22 heavy (non-hydrogen) atoms. The summed E-state index contributed by atoms with van der Waals surface area (Å²) < 4.78 is 10.6. The lowest BCUT2D eigenvalue weighted by Gasteiger charge is -2.16. The number of nitrogens with zero attached hydrogens (tertiary/aromatic N) is 2. The number of guanidine groups is 1. The molecule has 1 saturated heterocycles. The Morgan fingerprint density at radius 1 is 1.41 bits per heavy atom. The Labute approximate surface area is 150 Å². The number of halogens is 1. The van der Waals surface area contributed by atoms with E-state index < -0.39 is 0 Å². The van der Waals surface area contributed by atoms with E-state index in [4.69, 9.17) is 9.47 Å². The van der Waals surface area contributed by atoms with Gasteiger partial charge in [-0.2, -0.15) is 0 Å². The Morgan fingerprint density at radius 3 is 2.77 bits per heavy atom. The zero-order valence-electron chi connectivity index (χ0n) is 13.8. The predicted octanol–water partition coefficient (Wildman–Crippen LogP) is 0.443. The van der Waals surface area contributed by atoms with Gasteiger partial charge in [0, 0.05) is 47.5 Å². The van der Waals surface area contributed by atoms with E-state index in [1.165, 1.54) is 4.90 Å². The Kier molecular flexibility index (Phi) is 12.5. The highest BCUT2D eigenvalue weighted by Crippen LogP contribution is 2.10. The number of hydrogen-bond donors (Lipinski definition) is 2. The Balaban J connectivity index is 0.00000441. The Bertz CT molecular complexity index is 334. The number of nitrogens with one attached hydrogen (secondary N) is 2. The highest BCUT2D eigenvalue weighted by atomic mass is 127. The molecule has 8 heteroatoms. The summed E-state index contributed by atoms with van der Waals surface area (Å²) in [4.78, 5) is 17.4. The van der Waals surface area contributed by atoms with E-state index in [0.29, 0.717) is 19.1 Å². The van der Waals surface area contributed by atoms with Crippen LogP contribution in [0.3, 0.4) is 0 Å². The number of aliphatic imine (C=N–C) groups is 1. The van der Waals surface area contributed by atoms with Crippen molar-refractivity contribution in [1.29, 1.82) is 0 Å². The van der Waals surface area contributed by atoms with E-state index in [9.17, 15) is 4.79 Å². The third-order valence-corrected chi connectivity index (χ3v) is 3.21. The van der Waals surface area contributed by atoms with Crippen LogP contribution in [0.25, 0.3) is 0 Å². The van der Waals surface area contributed by atoms with Crippen molar-refractivity contribution in [3.8, 4) is 0 Å². The molecule has 0 aromatic rings. The number of hydrogen-bond acceptors (Lipinski definition) is 4. The fraction of sp³-hybridized carbons (Fsp3) is 0.857. The van der Waals surface area contributed by atoms with Gasteiger partial charge in [0.2, 0.25) is 5.91 Å². The van der Waals surface area contributed by atoms with Gasteiger partial charge < -0.3 is 25.0 Å². The average molecular weight is 428 g/mol. The van der Waals surface area contributed by atoms with Crippen LogP contribution in [0, 0.1) is 0 Å². The van der Waals surface area contributed by atoms with Crippen molar-refractivity contribution in [3.05, 3.63) is 0 Å². The molecule has 1 aliphatic rings. The van der Waals surface area contributed by atoms with Gasteiger partial charge in [0.15, 0.2) is 5.96 Å². The average Bonchev–Trinajstić information content (AvgIpc) is 2.98. The standard InChI is InChI=1S/C14H28N4O3.HI/c1-18(2)13(19)11-17-14(15-7-5-8-20-3)16-10-12-6-4-9-21-12;/h12H,4-11H2,1-3H3,(H2,15,16,17);1H. The van der Waals surface area contributed by atoms with E-state index in [-0.39, 0.29) is 42.5 Å². The third-order valence-electron chi connectivity index (χ3n) is 3.21. The van der Waals surface area contributed by atoms with Crippen molar-refractivity contribution < 1.29 is 14.3 Å². The van der Waals surface area contributed by atoms with Crippen LogP contribution in [0.5, 0.6) is 0 Å². The van der Waals surface area contributed by atoms with Crippen molar-refractivity contribution in [3.63, 3.8) is 0 Å². The highest BCUT2D eigenvalue weighted by Gasteiger charge is 2.15. The second-order valence-electron chi connectivity index (χ2n) is 5.24. The Hall–Kier alpha value is -0.610. The lowest BCUT2D eigenvalue weighted by Crippen LogP contribution is -2.42. The van der Waals surface area contributed by atoms with E-state index >= 15 is 0 Å². The first-order valence-electron chi connectivity index (χ1n) is 7.46. The minimum Gasteiger partial charge on any atom is -0.385 e. The molecule has 0 bridgehead atoms. The van der Waals surface area contributed by atoms with Gasteiger partial charge >= 0.3 is 0 Å². The molecule has 1 rings (SSSR count). The topological polar surface area (TPSA) is 75.2 Å². The summed E-state index contributed by atoms with van der Waals surface area (Å²) >= 11 is 0. The maximum Gasteiger partial charge on any atom is 0.243 e. The number of carbonyl (C=O) groups is 1. The van der Waals surface area contributed by atoms with Crippen molar-refractivity contribution in [2.75, 3.05) is 54.1 Å². The molecule has 0 spiro atoms. The van der Waals surface area contributed by atoms with Crippen LogP contribution in [-0.2, 0) is 14.3 Å². The van der Waals surface area contributed by atoms with Crippen LogP contribution in [0.1, 0.15) is 19.3 Å². The molecular formula is C14H29IN4O3. The summed E-state index contributed by atoms with van der Waals surface area (Å²) in [7, 11) is 5.13. The molecule has 7 nitrogen and oxygen atoms in total. The molecule has 1 unspecified atom stereocenters. The van der Waals surface area contributed by atoms with Crippen molar-refractivity contribution >= 4 is 35.8 Å². The number of carbonyl (C=O) groups excluding carboxylic acids is 1. The lowest BCUT2D eigenvalue weighted by molar-refractivity contribution is -0.127. The van der Waals surface area contributed by atoms with Gasteiger partial charge in [-0.05, 0) is 19.3 Å². The zero-order valence-corrected chi connectivity index (χ0v) is 16.1. The van der Waals surface area contributed by atoms with Gasteiger partial charge in [0.25, 0.3) is 0 Å². The molecule has 0 aliphatic carbocycles. The van der Waals surface area contributed by atoms with Gasteiger partial charge in [-0.15, -0.1) is 24.0 Å². The maximum absolute atomic E-state index is 11.6. The molecule has 1 atom stereocenters. The first-order chi connectivity index (χ1) is 10.1. The second kappa shape index (κ2) is 12.9. The van der Waals surface area contributed by atoms with Crippen LogP contribution >= 0.6 is 24.0 Å². The molecule has 1 heterocycles. The smallest absolute Gasteiger partial charge is 0.243 e. The van der Waals surface area contributed by atoms with Crippen molar-refractivity contribution in [2.45, 2.75) is 25.4 Å². The molecule has 0 radical (unpaired) electrons. The van der Waals surface area contributed by atoms with Crippen LogP contribution in [0.4, 0.5) is 0 Å². The number of likely N-dealkylation sites (N-methyl/N-ethyl adjacent to an activating group) is 1. The third kappa shape index (κ3) is 9.42. The highest BCUT2D eigenvalue weighted by molar-refractivity contribution is 14.0. The van der Waals surface area contributed by atoms with Crippen molar-refractivity contribution in [1.82, 2.24) is 15.5 Å². The van der Waals surface area contributed by atoms with Gasteiger partial charge in [0.05, 0.1) is 6.10 Å². The number of rotatable bonds is 8. The van der Waals surface area contributed by atoms with E-state index in [2.05, 4.69) is 15.6 Å². The quantitative estimate of drug-likeness (QED) is 0.254. The minimum atomic E-state index is -0.0230. The van der Waals surface area contributed by atoms with Crippen LogP contribution in [0.2, 0.25) is 0 Å². The Morgan fingerprint density at radius 2 is 2.18 bits per heavy atom. The van der Waals surface area contributed by atoms with E-state index in [1.807, 2.05) is 0 Å². The fourth-order valence-corrected chi connectivity index (χ4v) is 1.90. The first kappa shape index (κ1) is 21.4. The molecule has 0 saturated carbocycles. The lowest BCUT2D eigenvalue weighted by atomic mass is 10.2. The monoisotopic (exact) mass is 428 g/mol. The molecule has 0 aromatic heterocycles. The number of ether oxygens (including phenoxy) is 2. The summed E-state index contributed by atoms with van der Waals surface area (Å²) in [5.74, 6) is 0.627. The maximum atomic E-state index is 11.6. The van der Waals surface area contributed by atoms with Crippen LogP contribution in [-0.4, -0.2) is 76.9 Å². The molecule has 1 amide bonds. The van der Waals surface area contributed by atoms with Gasteiger partial charge in [-0.3, -0.25) is 4.79 Å². The normalized spacial score (nSPS) is 17.8. The van der Waals surface area contributed by atoms with E-state index in [1.54, 1.807) is 21.2 Å². The molecule has 1 aliphatic heterocycles. The second-order valence-corrected chi connectivity index (χ2v) is 5.24. The molecular weight excluding hydrogens is 399 g/mol.